The van der Waals surface area contributed by atoms with Gasteiger partial charge in [-0.2, -0.15) is 0 Å². The quantitative estimate of drug-likeness (QED) is 0.177. The molecule has 14 heteroatoms. The molecule has 0 aliphatic heterocycles. The normalized spacial score (nSPS) is 11.9. The summed E-state index contributed by atoms with van der Waals surface area (Å²) in [6, 6.07) is 7.15. The van der Waals surface area contributed by atoms with E-state index in [1.54, 1.807) is 24.4 Å². The van der Waals surface area contributed by atoms with E-state index in [2.05, 4.69) is 25.8 Å². The van der Waals surface area contributed by atoms with Crippen molar-refractivity contribution in [1.82, 2.24) is 30.5 Å². The van der Waals surface area contributed by atoms with E-state index in [0.717, 1.165) is 17.3 Å². The number of carbonyl (C=O) groups excluding carboxylic acids is 1. The van der Waals surface area contributed by atoms with Crippen molar-refractivity contribution in [3.8, 4) is 11.3 Å². The smallest absolute Gasteiger partial charge is 0.426 e. The summed E-state index contributed by atoms with van der Waals surface area (Å²) >= 11 is 2.32. The molecule has 0 radical (unpaired) electrons. The number of hydrogen-bond donors (Lipinski definition) is 5. The van der Waals surface area contributed by atoms with E-state index >= 15 is 0 Å². The number of carbonyl (C=O) groups is 1. The second-order valence-electron chi connectivity index (χ2n) is 5.73. The first-order chi connectivity index (χ1) is 13.4. The van der Waals surface area contributed by atoms with Crippen molar-refractivity contribution >= 4 is 46.9 Å². The van der Waals surface area contributed by atoms with Crippen molar-refractivity contribution in [2.24, 2.45) is 0 Å². The fourth-order valence-electron chi connectivity index (χ4n) is 2.29. The molecule has 1 amide bonds. The fraction of sp³-hybridized carbons (Fsp3) is 0.214. The minimum atomic E-state index is -1.77. The Hall–Kier alpha value is -2.68. The Balaban J connectivity index is 1.59. The topological polar surface area (TPSA) is 178 Å². The first kappa shape index (κ1) is 20.1. The lowest BCUT2D eigenvalue weighted by Gasteiger charge is -2.17. The van der Waals surface area contributed by atoms with Gasteiger partial charge in [0.1, 0.15) is 5.69 Å². The first-order valence-corrected chi connectivity index (χ1v) is 9.84. The van der Waals surface area contributed by atoms with Crippen LogP contribution in [0.2, 0.25) is 0 Å². The molecule has 7 N–H and O–H groups in total. The third-order valence-corrected chi connectivity index (χ3v) is 5.45. The van der Waals surface area contributed by atoms with Crippen LogP contribution in [0.3, 0.4) is 0 Å². The molecule has 1 aromatic carbocycles. The molecule has 0 spiro atoms. The van der Waals surface area contributed by atoms with E-state index in [1.807, 2.05) is 6.07 Å². The van der Waals surface area contributed by atoms with Crippen LogP contribution in [0.5, 0.6) is 0 Å². The van der Waals surface area contributed by atoms with Crippen molar-refractivity contribution in [2.75, 3.05) is 17.2 Å². The number of amides is 1. The van der Waals surface area contributed by atoms with Gasteiger partial charge in [0.05, 0.1) is 24.4 Å². The molecule has 0 bridgehead atoms. The summed E-state index contributed by atoms with van der Waals surface area (Å²) in [6.45, 7) is 0.0230. The van der Waals surface area contributed by atoms with Gasteiger partial charge in [0, 0.05) is 11.3 Å². The van der Waals surface area contributed by atoms with Gasteiger partial charge in [-0.1, -0.05) is 40.4 Å². The average molecular weight is 420 g/mol. The molecule has 0 saturated heterocycles. The summed E-state index contributed by atoms with van der Waals surface area (Å²) in [5.41, 5.74) is 13.2. The Labute approximate surface area is 168 Å². The maximum atomic E-state index is 12.1. The second-order valence-corrected chi connectivity index (χ2v) is 7.97. The number of hydrogen-bond acceptors (Lipinski definition) is 11. The summed E-state index contributed by atoms with van der Waals surface area (Å²) in [6.07, 6.45) is 1.63. The molecular weight excluding hydrogens is 403 g/mol. The zero-order valence-corrected chi connectivity index (χ0v) is 16.1. The van der Waals surface area contributed by atoms with Gasteiger partial charge in [-0.15, -0.1) is 15.3 Å². The maximum Gasteiger partial charge on any atom is 0.477 e. The number of anilines is 2. The van der Waals surface area contributed by atoms with Crippen molar-refractivity contribution in [3.05, 3.63) is 30.5 Å². The molecule has 1 atom stereocenters. The number of thioether (sulfide) groups is 1. The minimum Gasteiger partial charge on any atom is -0.426 e. The van der Waals surface area contributed by atoms with Crippen molar-refractivity contribution in [3.63, 3.8) is 0 Å². The molecule has 0 saturated carbocycles. The molecule has 2 aromatic heterocycles. The molecule has 0 aliphatic rings. The Morgan fingerprint density at radius 3 is 2.82 bits per heavy atom. The molecular formula is C14H17BN8O3S2. The number of benzene rings is 1. The largest absolute Gasteiger partial charge is 0.477 e. The van der Waals surface area contributed by atoms with Crippen LogP contribution in [0.1, 0.15) is 0 Å². The van der Waals surface area contributed by atoms with Gasteiger partial charge < -0.3 is 26.8 Å². The van der Waals surface area contributed by atoms with E-state index in [9.17, 15) is 14.8 Å². The second kappa shape index (κ2) is 9.01. The van der Waals surface area contributed by atoms with Gasteiger partial charge in [0.15, 0.2) is 4.34 Å². The van der Waals surface area contributed by atoms with Crippen LogP contribution in [0.25, 0.3) is 11.3 Å². The fourth-order valence-corrected chi connectivity index (χ4v) is 3.74. The van der Waals surface area contributed by atoms with Crippen LogP contribution in [-0.4, -0.2) is 60.0 Å². The summed E-state index contributed by atoms with van der Waals surface area (Å²) < 4.78 is 1.97. The highest BCUT2D eigenvalue weighted by Gasteiger charge is 2.26. The van der Waals surface area contributed by atoms with Crippen LogP contribution in [0.15, 0.2) is 34.8 Å². The summed E-state index contributed by atoms with van der Waals surface area (Å²) in [5.74, 6) is -1.33. The van der Waals surface area contributed by atoms with Gasteiger partial charge >= 0.3 is 7.12 Å². The Bertz CT molecular complexity index is 950. The van der Waals surface area contributed by atoms with Gasteiger partial charge in [-0.05, 0) is 12.1 Å². The van der Waals surface area contributed by atoms with Gasteiger partial charge in [-0.3, -0.25) is 9.48 Å². The predicted octanol–water partition coefficient (Wildman–Crippen LogP) is -0.750. The van der Waals surface area contributed by atoms with Crippen LogP contribution in [0, 0.1) is 0 Å². The number of nitrogens with zero attached hydrogens (tertiary/aromatic N) is 5. The number of nitrogens with two attached hydrogens (primary N) is 2. The third kappa shape index (κ3) is 5.42. The summed E-state index contributed by atoms with van der Waals surface area (Å²) in [7, 11) is -1.77. The Kier molecular flexibility index (Phi) is 6.46. The summed E-state index contributed by atoms with van der Waals surface area (Å²) in [5, 5.41) is 37.5. The molecule has 28 heavy (non-hydrogen) atoms. The lowest BCUT2D eigenvalue weighted by Crippen LogP contribution is -2.49. The van der Waals surface area contributed by atoms with E-state index in [-0.39, 0.29) is 12.3 Å². The zero-order valence-electron chi connectivity index (χ0n) is 14.5. The van der Waals surface area contributed by atoms with Crippen molar-refractivity contribution in [1.29, 1.82) is 0 Å². The molecule has 2 heterocycles. The molecule has 3 aromatic rings. The highest BCUT2D eigenvalue weighted by atomic mass is 32.2. The standard InChI is InChI=1S/C14H17BN8O3S2/c16-9-3-1-2-8(4-9)10-5-23(22-19-10)6-11(15(25)26)18-12(24)7-27-14-21-20-13(17)28-14/h1-5,11,25-26H,6-7,16H2,(H2,17,20)(H,18,24). The lowest BCUT2D eigenvalue weighted by molar-refractivity contribution is -0.119. The highest BCUT2D eigenvalue weighted by molar-refractivity contribution is 8.01. The predicted molar refractivity (Wildman–Crippen MR) is 107 cm³/mol. The number of aromatic nitrogens is 5. The molecule has 146 valence electrons. The number of nitrogens with one attached hydrogen (secondary N) is 1. The number of rotatable bonds is 8. The highest BCUT2D eigenvalue weighted by Crippen LogP contribution is 2.23. The average Bonchev–Trinajstić information content (AvgIpc) is 3.28. The van der Waals surface area contributed by atoms with E-state index < -0.39 is 19.0 Å². The molecule has 0 aliphatic carbocycles. The maximum absolute atomic E-state index is 12.1. The number of nitrogen functional groups attached to an aromatic ring is 2. The van der Waals surface area contributed by atoms with E-state index in [1.165, 1.54) is 16.0 Å². The molecule has 0 fully saturated rings. The van der Waals surface area contributed by atoms with Crippen LogP contribution in [-0.2, 0) is 11.3 Å². The monoisotopic (exact) mass is 420 g/mol. The SMILES string of the molecule is Nc1cccc(-c2cn(CC(NC(=O)CSc3nnc(N)s3)B(O)O)nn2)c1. The van der Waals surface area contributed by atoms with Crippen molar-refractivity contribution < 1.29 is 14.8 Å². The summed E-state index contributed by atoms with van der Waals surface area (Å²) in [4.78, 5) is 12.1. The Morgan fingerprint density at radius 1 is 1.32 bits per heavy atom. The van der Waals surface area contributed by atoms with E-state index in [4.69, 9.17) is 11.5 Å². The molecule has 11 nitrogen and oxygen atoms in total. The van der Waals surface area contributed by atoms with Gasteiger partial charge in [-0.25, -0.2) is 0 Å². The van der Waals surface area contributed by atoms with Crippen LogP contribution >= 0.6 is 23.1 Å². The zero-order chi connectivity index (χ0) is 20.1. The van der Waals surface area contributed by atoms with Crippen LogP contribution in [0.4, 0.5) is 10.8 Å². The van der Waals surface area contributed by atoms with Crippen molar-refractivity contribution in [2.45, 2.75) is 16.8 Å². The molecule has 1 unspecified atom stereocenters. The van der Waals surface area contributed by atoms with Gasteiger partial charge in [0.25, 0.3) is 0 Å². The van der Waals surface area contributed by atoms with E-state index in [0.29, 0.717) is 20.9 Å². The Morgan fingerprint density at radius 2 is 2.14 bits per heavy atom. The minimum absolute atomic E-state index is 0.0230. The molecule has 3 rings (SSSR count). The first-order valence-electron chi connectivity index (χ1n) is 8.04. The van der Waals surface area contributed by atoms with Crippen LogP contribution < -0.4 is 16.8 Å². The lowest BCUT2D eigenvalue weighted by atomic mass is 9.79. The van der Waals surface area contributed by atoms with Gasteiger partial charge in [0.2, 0.25) is 11.0 Å². The third-order valence-electron chi connectivity index (χ3n) is 3.56.